The normalized spacial score (nSPS) is 11.4. The molecule has 0 saturated heterocycles. The van der Waals surface area contributed by atoms with Gasteiger partial charge in [0.1, 0.15) is 0 Å². The Hall–Kier alpha value is -0.300. The fourth-order valence-corrected chi connectivity index (χ4v) is 1.80. The van der Waals surface area contributed by atoms with Crippen LogP contribution in [0.15, 0.2) is 12.2 Å². The fraction of sp³-hybridized carbons (Fsp3) is 0.875. The summed E-state index contributed by atoms with van der Waals surface area (Å²) in [7, 11) is 0. The van der Waals surface area contributed by atoms with Crippen molar-refractivity contribution >= 4 is 0 Å². The van der Waals surface area contributed by atoms with Crippen molar-refractivity contribution in [2.75, 3.05) is 13.2 Å². The minimum atomic E-state index is 0.900. The van der Waals surface area contributed by atoms with Gasteiger partial charge in [-0.1, -0.05) is 70.9 Å². The predicted molar refractivity (Wildman–Crippen MR) is 77.5 cm³/mol. The molecule has 17 heavy (non-hydrogen) atoms. The number of hydrogen-bond acceptors (Lipinski definition) is 1. The Morgan fingerprint density at radius 3 is 2.06 bits per heavy atom. The van der Waals surface area contributed by atoms with Crippen LogP contribution in [0.2, 0.25) is 0 Å². The molecule has 0 amide bonds. The van der Waals surface area contributed by atoms with E-state index in [4.69, 9.17) is 4.74 Å². The first-order valence-corrected chi connectivity index (χ1v) is 7.64. The first-order valence-electron chi connectivity index (χ1n) is 7.64. The Morgan fingerprint density at radius 1 is 0.647 bits per heavy atom. The summed E-state index contributed by atoms with van der Waals surface area (Å²) in [4.78, 5) is 0. The molecular weight excluding hydrogens is 208 g/mol. The van der Waals surface area contributed by atoms with E-state index in [1.165, 1.54) is 57.8 Å². The Morgan fingerprint density at radius 2 is 1.29 bits per heavy atom. The van der Waals surface area contributed by atoms with Crippen molar-refractivity contribution in [1.82, 2.24) is 0 Å². The molecule has 0 bridgehead atoms. The maximum atomic E-state index is 5.60. The second kappa shape index (κ2) is 15.7. The maximum absolute atomic E-state index is 5.60. The Bertz CT molecular complexity index is 152. The molecule has 0 aliphatic heterocycles. The number of rotatable bonds is 13. The van der Waals surface area contributed by atoms with Crippen molar-refractivity contribution in [3.05, 3.63) is 12.2 Å². The molecule has 0 rings (SSSR count). The molecule has 0 aliphatic rings. The second-order valence-electron chi connectivity index (χ2n) is 4.78. The minimum Gasteiger partial charge on any atom is -0.381 e. The van der Waals surface area contributed by atoms with Crippen molar-refractivity contribution in [3.63, 3.8) is 0 Å². The third-order valence-electron chi connectivity index (χ3n) is 2.96. The van der Waals surface area contributed by atoms with Gasteiger partial charge in [-0.3, -0.25) is 0 Å². The monoisotopic (exact) mass is 240 g/mol. The highest BCUT2D eigenvalue weighted by molar-refractivity contribution is 4.80. The van der Waals surface area contributed by atoms with Gasteiger partial charge in [0.25, 0.3) is 0 Å². The molecule has 0 aromatic carbocycles. The minimum absolute atomic E-state index is 0.900. The molecule has 0 saturated carbocycles. The van der Waals surface area contributed by atoms with E-state index < -0.39 is 0 Å². The van der Waals surface area contributed by atoms with Gasteiger partial charge in [-0.25, -0.2) is 0 Å². The van der Waals surface area contributed by atoms with Gasteiger partial charge in [-0.05, 0) is 19.3 Å². The van der Waals surface area contributed by atoms with Crippen LogP contribution in [0.3, 0.4) is 0 Å². The van der Waals surface area contributed by atoms with Crippen LogP contribution in [0.25, 0.3) is 0 Å². The van der Waals surface area contributed by atoms with Gasteiger partial charge in [0.15, 0.2) is 0 Å². The van der Waals surface area contributed by atoms with E-state index >= 15 is 0 Å². The number of hydrogen-bond donors (Lipinski definition) is 0. The quantitative estimate of drug-likeness (QED) is 0.305. The lowest BCUT2D eigenvalue weighted by atomic mass is 10.1. The lowest BCUT2D eigenvalue weighted by Gasteiger charge is -2.02. The van der Waals surface area contributed by atoms with Crippen LogP contribution in [-0.4, -0.2) is 13.2 Å². The average molecular weight is 240 g/mol. The second-order valence-corrected chi connectivity index (χ2v) is 4.78. The molecule has 1 heteroatoms. The van der Waals surface area contributed by atoms with Gasteiger partial charge in [0.2, 0.25) is 0 Å². The zero-order valence-corrected chi connectivity index (χ0v) is 12.0. The van der Waals surface area contributed by atoms with E-state index in [0.29, 0.717) is 0 Å². The molecule has 0 heterocycles. The molecule has 0 aliphatic carbocycles. The van der Waals surface area contributed by atoms with Crippen LogP contribution in [0.1, 0.15) is 78.1 Å². The SMILES string of the molecule is CCCCC=CCCOCCCCCCCC. The maximum Gasteiger partial charge on any atom is 0.0500 e. The largest absolute Gasteiger partial charge is 0.381 e. The third kappa shape index (κ3) is 15.7. The lowest BCUT2D eigenvalue weighted by Crippen LogP contribution is -1.95. The molecule has 1 nitrogen and oxygen atoms in total. The molecule has 0 radical (unpaired) electrons. The van der Waals surface area contributed by atoms with Crippen LogP contribution in [0, 0.1) is 0 Å². The van der Waals surface area contributed by atoms with Gasteiger partial charge in [-0.2, -0.15) is 0 Å². The molecular formula is C16H32O. The summed E-state index contributed by atoms with van der Waals surface area (Å²) in [6.45, 7) is 6.35. The van der Waals surface area contributed by atoms with Crippen LogP contribution < -0.4 is 0 Å². The van der Waals surface area contributed by atoms with E-state index in [1.807, 2.05) is 0 Å². The van der Waals surface area contributed by atoms with Crippen LogP contribution in [0.5, 0.6) is 0 Å². The highest BCUT2D eigenvalue weighted by Gasteiger charge is 1.90. The van der Waals surface area contributed by atoms with Gasteiger partial charge in [0, 0.05) is 6.61 Å². The third-order valence-corrected chi connectivity index (χ3v) is 2.96. The zero-order chi connectivity index (χ0) is 12.6. The summed E-state index contributed by atoms with van der Waals surface area (Å²) < 4.78 is 5.60. The number of unbranched alkanes of at least 4 members (excludes halogenated alkanes) is 7. The Balaban J connectivity index is 2.96. The summed E-state index contributed by atoms with van der Waals surface area (Å²) in [6.07, 6.45) is 17.6. The van der Waals surface area contributed by atoms with E-state index in [9.17, 15) is 0 Å². The summed E-state index contributed by atoms with van der Waals surface area (Å²) in [5, 5.41) is 0. The molecule has 0 aromatic rings. The van der Waals surface area contributed by atoms with E-state index in [0.717, 1.165) is 19.6 Å². The molecule has 0 unspecified atom stereocenters. The average Bonchev–Trinajstić information content (AvgIpc) is 2.35. The summed E-state index contributed by atoms with van der Waals surface area (Å²) in [6, 6.07) is 0. The van der Waals surface area contributed by atoms with Crippen molar-refractivity contribution in [1.29, 1.82) is 0 Å². The van der Waals surface area contributed by atoms with Crippen LogP contribution in [-0.2, 0) is 4.74 Å². The molecule has 102 valence electrons. The van der Waals surface area contributed by atoms with E-state index in [-0.39, 0.29) is 0 Å². The number of allylic oxidation sites excluding steroid dienone is 1. The van der Waals surface area contributed by atoms with Gasteiger partial charge >= 0.3 is 0 Å². The summed E-state index contributed by atoms with van der Waals surface area (Å²) >= 11 is 0. The van der Waals surface area contributed by atoms with Crippen molar-refractivity contribution in [2.45, 2.75) is 78.1 Å². The molecule has 0 atom stereocenters. The van der Waals surface area contributed by atoms with Crippen molar-refractivity contribution < 1.29 is 4.74 Å². The first-order chi connectivity index (χ1) is 8.41. The summed E-state index contributed by atoms with van der Waals surface area (Å²) in [5.74, 6) is 0. The zero-order valence-electron chi connectivity index (χ0n) is 12.0. The molecule has 0 fully saturated rings. The number of ether oxygens (including phenoxy) is 1. The fourth-order valence-electron chi connectivity index (χ4n) is 1.80. The van der Waals surface area contributed by atoms with Gasteiger partial charge < -0.3 is 4.74 Å². The van der Waals surface area contributed by atoms with Crippen molar-refractivity contribution in [3.8, 4) is 0 Å². The standard InChI is InChI=1S/C16H32O/c1-3-5-7-9-11-13-15-17-16-14-12-10-8-6-4-2/h9,11H,3-8,10,12-16H2,1-2H3. The van der Waals surface area contributed by atoms with Crippen LogP contribution in [0.4, 0.5) is 0 Å². The smallest absolute Gasteiger partial charge is 0.0500 e. The summed E-state index contributed by atoms with van der Waals surface area (Å²) in [5.41, 5.74) is 0. The van der Waals surface area contributed by atoms with Crippen LogP contribution >= 0.6 is 0 Å². The van der Waals surface area contributed by atoms with E-state index in [2.05, 4.69) is 26.0 Å². The molecule has 0 N–H and O–H groups in total. The highest BCUT2D eigenvalue weighted by atomic mass is 16.5. The topological polar surface area (TPSA) is 9.23 Å². The van der Waals surface area contributed by atoms with Gasteiger partial charge in [0.05, 0.1) is 6.61 Å². The van der Waals surface area contributed by atoms with E-state index in [1.54, 1.807) is 0 Å². The first kappa shape index (κ1) is 16.7. The Kier molecular flexibility index (Phi) is 15.4. The van der Waals surface area contributed by atoms with Crippen molar-refractivity contribution in [2.24, 2.45) is 0 Å². The molecule has 0 aromatic heterocycles. The molecule has 0 spiro atoms. The predicted octanol–water partition coefficient (Wildman–Crippen LogP) is 5.50. The highest BCUT2D eigenvalue weighted by Crippen LogP contribution is 2.05. The van der Waals surface area contributed by atoms with Gasteiger partial charge in [-0.15, -0.1) is 0 Å². The lowest BCUT2D eigenvalue weighted by molar-refractivity contribution is 0.134. The Labute approximate surface area is 109 Å².